The first-order valence-electron chi connectivity index (χ1n) is 8.40. The fraction of sp³-hybridized carbons (Fsp3) is 1.00. The van der Waals surface area contributed by atoms with Crippen molar-refractivity contribution in [3.05, 3.63) is 0 Å². The molecular weight excluding hydrogens is 250 g/mol. The van der Waals surface area contributed by atoms with Crippen molar-refractivity contribution in [2.45, 2.75) is 44.6 Å². The average Bonchev–Trinajstić information content (AvgIpc) is 2.82. The topological polar surface area (TPSA) is 41.7 Å². The molecule has 20 heavy (non-hydrogen) atoms. The normalized spacial score (nSPS) is 33.5. The molecule has 2 atom stereocenters. The van der Waals surface area contributed by atoms with Gasteiger partial charge in [-0.25, -0.2) is 0 Å². The molecule has 0 aromatic carbocycles. The molecule has 0 bridgehead atoms. The van der Waals surface area contributed by atoms with Crippen molar-refractivity contribution in [3.63, 3.8) is 0 Å². The summed E-state index contributed by atoms with van der Waals surface area (Å²) in [5.41, 5.74) is 6.49. The van der Waals surface area contributed by atoms with Crippen LogP contribution in [0.4, 0.5) is 0 Å². The van der Waals surface area contributed by atoms with E-state index in [1.54, 1.807) is 0 Å². The minimum absolute atomic E-state index is 0.255. The lowest BCUT2D eigenvalue weighted by Gasteiger charge is -2.41. The standard InChI is InChI=1S/C16H33N3O/c1-3-8-18-9-4-6-16(14-17,7-11-18)19-10-5-15(12-19)13-20-2/h15H,3-14,17H2,1-2H3. The van der Waals surface area contributed by atoms with Gasteiger partial charge in [-0.2, -0.15) is 0 Å². The minimum atomic E-state index is 0.255. The third-order valence-corrected chi connectivity index (χ3v) is 5.29. The van der Waals surface area contributed by atoms with Gasteiger partial charge in [-0.15, -0.1) is 0 Å². The second-order valence-corrected chi connectivity index (χ2v) is 6.68. The fourth-order valence-electron chi connectivity index (χ4n) is 4.06. The number of likely N-dealkylation sites (tertiary alicyclic amines) is 2. The van der Waals surface area contributed by atoms with Gasteiger partial charge in [0.2, 0.25) is 0 Å². The van der Waals surface area contributed by atoms with Crippen LogP contribution >= 0.6 is 0 Å². The zero-order valence-corrected chi connectivity index (χ0v) is 13.4. The minimum Gasteiger partial charge on any atom is -0.384 e. The molecule has 2 saturated heterocycles. The van der Waals surface area contributed by atoms with Crippen molar-refractivity contribution in [2.24, 2.45) is 11.7 Å². The van der Waals surface area contributed by atoms with E-state index in [2.05, 4.69) is 16.7 Å². The number of hydrogen-bond donors (Lipinski definition) is 1. The van der Waals surface area contributed by atoms with Gasteiger partial charge in [0.25, 0.3) is 0 Å². The number of hydrogen-bond acceptors (Lipinski definition) is 4. The molecule has 118 valence electrons. The number of nitrogens with zero attached hydrogens (tertiary/aromatic N) is 2. The molecule has 4 nitrogen and oxygen atoms in total. The highest BCUT2D eigenvalue weighted by atomic mass is 16.5. The van der Waals surface area contributed by atoms with Crippen LogP contribution < -0.4 is 5.73 Å². The summed E-state index contributed by atoms with van der Waals surface area (Å²) in [6.07, 6.45) is 6.33. The number of methoxy groups -OCH3 is 1. The molecule has 0 aromatic heterocycles. The highest BCUT2D eigenvalue weighted by Crippen LogP contribution is 2.33. The Bertz CT molecular complexity index is 287. The molecule has 0 radical (unpaired) electrons. The Morgan fingerprint density at radius 1 is 1.25 bits per heavy atom. The predicted octanol–water partition coefficient (Wildman–Crippen LogP) is 1.55. The summed E-state index contributed by atoms with van der Waals surface area (Å²) in [6, 6.07) is 0. The molecule has 2 aliphatic heterocycles. The summed E-state index contributed by atoms with van der Waals surface area (Å²) in [5.74, 6) is 0.707. The Morgan fingerprint density at radius 3 is 2.80 bits per heavy atom. The lowest BCUT2D eigenvalue weighted by molar-refractivity contribution is 0.0893. The predicted molar refractivity (Wildman–Crippen MR) is 83.9 cm³/mol. The number of nitrogens with two attached hydrogens (primary N) is 1. The zero-order chi connectivity index (χ0) is 14.4. The van der Waals surface area contributed by atoms with Crippen molar-refractivity contribution in [2.75, 3.05) is 53.0 Å². The summed E-state index contributed by atoms with van der Waals surface area (Å²) >= 11 is 0. The Balaban J connectivity index is 1.95. The van der Waals surface area contributed by atoms with Crippen molar-refractivity contribution < 1.29 is 4.74 Å². The summed E-state index contributed by atoms with van der Waals surface area (Å²) in [5, 5.41) is 0. The van der Waals surface area contributed by atoms with Crippen LogP contribution in [0.15, 0.2) is 0 Å². The van der Waals surface area contributed by atoms with Crippen LogP contribution in [-0.4, -0.2) is 68.3 Å². The molecule has 0 aromatic rings. The second-order valence-electron chi connectivity index (χ2n) is 6.68. The van der Waals surface area contributed by atoms with E-state index in [1.807, 2.05) is 7.11 Å². The Morgan fingerprint density at radius 2 is 2.10 bits per heavy atom. The van der Waals surface area contributed by atoms with Gasteiger partial charge in [0.15, 0.2) is 0 Å². The summed E-state index contributed by atoms with van der Waals surface area (Å²) < 4.78 is 5.34. The van der Waals surface area contributed by atoms with Crippen molar-refractivity contribution in [1.29, 1.82) is 0 Å². The number of ether oxygens (including phenoxy) is 1. The van der Waals surface area contributed by atoms with E-state index in [0.717, 1.165) is 13.2 Å². The van der Waals surface area contributed by atoms with E-state index in [1.165, 1.54) is 64.8 Å². The van der Waals surface area contributed by atoms with Gasteiger partial charge in [-0.05, 0) is 64.2 Å². The van der Waals surface area contributed by atoms with E-state index in [0.29, 0.717) is 5.92 Å². The molecule has 0 spiro atoms. The SMILES string of the molecule is CCCN1CCCC(CN)(N2CCC(COC)C2)CC1. The maximum Gasteiger partial charge on any atom is 0.0503 e. The molecule has 2 aliphatic rings. The molecular formula is C16H33N3O. The van der Waals surface area contributed by atoms with Gasteiger partial charge in [0, 0.05) is 25.7 Å². The first kappa shape index (κ1) is 16.2. The molecule has 0 aliphatic carbocycles. The first-order valence-corrected chi connectivity index (χ1v) is 8.40. The van der Waals surface area contributed by atoms with E-state index in [4.69, 9.17) is 10.5 Å². The van der Waals surface area contributed by atoms with Gasteiger partial charge >= 0.3 is 0 Å². The second kappa shape index (κ2) is 7.74. The van der Waals surface area contributed by atoms with Crippen LogP contribution in [0.25, 0.3) is 0 Å². The molecule has 0 amide bonds. The first-order chi connectivity index (χ1) is 9.74. The largest absolute Gasteiger partial charge is 0.384 e. The van der Waals surface area contributed by atoms with Crippen molar-refractivity contribution in [1.82, 2.24) is 9.80 Å². The summed E-state index contributed by atoms with van der Waals surface area (Å²) in [6.45, 7) is 10.1. The molecule has 2 heterocycles. The van der Waals surface area contributed by atoms with Crippen molar-refractivity contribution >= 4 is 0 Å². The highest BCUT2D eigenvalue weighted by Gasteiger charge is 2.40. The average molecular weight is 283 g/mol. The van der Waals surface area contributed by atoms with Crippen LogP contribution in [0.5, 0.6) is 0 Å². The van der Waals surface area contributed by atoms with Gasteiger partial charge in [0.1, 0.15) is 0 Å². The molecule has 2 fully saturated rings. The van der Waals surface area contributed by atoms with Gasteiger partial charge < -0.3 is 15.4 Å². The maximum atomic E-state index is 6.23. The summed E-state index contributed by atoms with van der Waals surface area (Å²) in [4.78, 5) is 5.31. The molecule has 0 saturated carbocycles. The van der Waals surface area contributed by atoms with Gasteiger partial charge in [0.05, 0.1) is 6.61 Å². The Labute approximate surface area is 124 Å². The van der Waals surface area contributed by atoms with Crippen molar-refractivity contribution in [3.8, 4) is 0 Å². The molecule has 2 unspecified atom stereocenters. The third kappa shape index (κ3) is 3.73. The lowest BCUT2D eigenvalue weighted by Crippen LogP contribution is -2.53. The van der Waals surface area contributed by atoms with E-state index in [9.17, 15) is 0 Å². The summed E-state index contributed by atoms with van der Waals surface area (Å²) in [7, 11) is 1.82. The van der Waals surface area contributed by atoms with Gasteiger partial charge in [-0.3, -0.25) is 4.90 Å². The Hall–Kier alpha value is -0.160. The highest BCUT2D eigenvalue weighted by molar-refractivity contribution is 4.97. The smallest absolute Gasteiger partial charge is 0.0503 e. The number of rotatable bonds is 6. The third-order valence-electron chi connectivity index (χ3n) is 5.29. The van der Waals surface area contributed by atoms with Crippen LogP contribution in [-0.2, 0) is 4.74 Å². The van der Waals surface area contributed by atoms with Crippen LogP contribution in [0.1, 0.15) is 39.0 Å². The Kier molecular flexibility index (Phi) is 6.27. The quantitative estimate of drug-likeness (QED) is 0.803. The lowest BCUT2D eigenvalue weighted by atomic mass is 9.88. The maximum absolute atomic E-state index is 6.23. The van der Waals surface area contributed by atoms with Crippen LogP contribution in [0, 0.1) is 5.92 Å². The molecule has 2 rings (SSSR count). The van der Waals surface area contributed by atoms with Crippen LogP contribution in [0.3, 0.4) is 0 Å². The molecule has 2 N–H and O–H groups in total. The molecule has 4 heteroatoms. The van der Waals surface area contributed by atoms with E-state index < -0.39 is 0 Å². The van der Waals surface area contributed by atoms with E-state index >= 15 is 0 Å². The zero-order valence-electron chi connectivity index (χ0n) is 13.4. The van der Waals surface area contributed by atoms with Crippen LogP contribution in [0.2, 0.25) is 0 Å². The monoisotopic (exact) mass is 283 g/mol. The van der Waals surface area contributed by atoms with E-state index in [-0.39, 0.29) is 5.54 Å². The van der Waals surface area contributed by atoms with Gasteiger partial charge in [-0.1, -0.05) is 6.92 Å². The fourth-order valence-corrected chi connectivity index (χ4v) is 4.06.